The minimum Gasteiger partial charge on any atom is -0.458 e. The number of halogens is 21. The van der Waals surface area contributed by atoms with Gasteiger partial charge in [0.1, 0.15) is 5.60 Å². The Hall–Kier alpha value is -2.08. The fraction of sp³-hybridized carbons (Fsp3) is 0.981. The summed E-state index contributed by atoms with van der Waals surface area (Å²) in [4.78, 5) is 13.5. The molecule has 78 heavy (non-hydrogen) atoms. The summed E-state index contributed by atoms with van der Waals surface area (Å²) >= 11 is 0. The lowest BCUT2D eigenvalue weighted by Gasteiger charge is -2.59. The van der Waals surface area contributed by atoms with Gasteiger partial charge in [0.25, 0.3) is 11.2 Å². The normalized spacial score (nSPS) is 41.6. The Morgan fingerprint density at radius 3 is 1.21 bits per heavy atom. The Bertz CT molecular complexity index is 2120. The zero-order chi connectivity index (χ0) is 58.9. The second kappa shape index (κ2) is 19.2. The van der Waals surface area contributed by atoms with Crippen LogP contribution in [-0.2, 0) is 9.53 Å². The van der Waals surface area contributed by atoms with Crippen molar-refractivity contribution in [2.24, 2.45) is 123 Å². The Labute approximate surface area is 438 Å². The zero-order valence-corrected chi connectivity index (χ0v) is 43.7. The number of carbonyl (C=O) groups excluding carboxylic acids is 1. The fourth-order valence-electron chi connectivity index (χ4n) is 18.8. The molecule has 10 rings (SSSR count). The van der Waals surface area contributed by atoms with Crippen LogP contribution in [0.5, 0.6) is 0 Å². The van der Waals surface area contributed by atoms with Crippen LogP contribution in [0.2, 0.25) is 0 Å². The average Bonchev–Trinajstić information content (AvgIpc) is 4.13. The molecule has 0 spiro atoms. The van der Waals surface area contributed by atoms with Crippen molar-refractivity contribution in [3.8, 4) is 0 Å². The lowest BCUT2D eigenvalue weighted by Crippen LogP contribution is -2.60. The topological polar surface area (TPSA) is 66.8 Å². The van der Waals surface area contributed by atoms with E-state index in [9.17, 15) is 107 Å². The molecule has 0 radical (unpaired) electrons. The molecular formula is C53H69F21O4. The summed E-state index contributed by atoms with van der Waals surface area (Å²) in [5.41, 5.74) is -17.7. The molecule has 10 bridgehead atoms. The molecule has 0 aromatic rings. The second-order valence-electron chi connectivity index (χ2n) is 26.9. The molecule has 0 aromatic carbocycles. The molecule has 0 aromatic heterocycles. The van der Waals surface area contributed by atoms with Gasteiger partial charge in [-0.3, -0.25) is 4.79 Å². The van der Waals surface area contributed by atoms with E-state index in [1.807, 2.05) is 6.92 Å². The highest BCUT2D eigenvalue weighted by molar-refractivity contribution is 5.78. The van der Waals surface area contributed by atoms with Crippen LogP contribution in [0.1, 0.15) is 138 Å². The first kappa shape index (κ1) is 62.0. The third kappa shape index (κ3) is 9.83. The molecule has 10 saturated carbocycles. The van der Waals surface area contributed by atoms with E-state index in [-0.39, 0.29) is 85.9 Å². The minimum atomic E-state index is -5.99. The van der Waals surface area contributed by atoms with Crippen molar-refractivity contribution in [2.75, 3.05) is 0 Å². The number of hydrogen-bond acceptors (Lipinski definition) is 4. The molecule has 16 atom stereocenters. The summed E-state index contributed by atoms with van der Waals surface area (Å²) < 4.78 is 292. The molecule has 10 aliphatic carbocycles. The lowest BCUT2D eigenvalue weighted by atomic mass is 9.50. The molecule has 4 nitrogen and oxygen atoms in total. The molecule has 0 amide bonds. The highest BCUT2D eigenvalue weighted by atomic mass is 19.4. The van der Waals surface area contributed by atoms with Crippen LogP contribution in [0, 0.1) is 123 Å². The zero-order valence-electron chi connectivity index (χ0n) is 43.7. The van der Waals surface area contributed by atoms with Crippen LogP contribution in [0.3, 0.4) is 0 Å². The van der Waals surface area contributed by atoms with Crippen molar-refractivity contribution in [3.63, 3.8) is 0 Å². The van der Waals surface area contributed by atoms with E-state index in [1.54, 1.807) is 20.8 Å². The number of fused-ring (bicyclic) bond motifs is 6. The summed E-state index contributed by atoms with van der Waals surface area (Å²) in [5.74, 6) is -8.47. The van der Waals surface area contributed by atoms with E-state index in [2.05, 4.69) is 0 Å². The monoisotopic (exact) mass is 1170 g/mol. The highest BCUT2D eigenvalue weighted by Gasteiger charge is 2.75. The van der Waals surface area contributed by atoms with E-state index < -0.39 is 150 Å². The van der Waals surface area contributed by atoms with Gasteiger partial charge in [-0.25, -0.2) is 0 Å². The van der Waals surface area contributed by atoms with Gasteiger partial charge in [0.2, 0.25) is 0 Å². The van der Waals surface area contributed by atoms with Crippen LogP contribution in [0.4, 0.5) is 92.2 Å². The van der Waals surface area contributed by atoms with E-state index in [1.165, 1.54) is 0 Å². The molecule has 452 valence electrons. The number of carbonyl (C=O) groups is 1. The Kier molecular flexibility index (Phi) is 15.3. The van der Waals surface area contributed by atoms with E-state index in [0.29, 0.717) is 24.7 Å². The van der Waals surface area contributed by atoms with Crippen LogP contribution >= 0.6 is 0 Å². The Morgan fingerprint density at radius 1 is 0.436 bits per heavy atom. The fourth-order valence-corrected chi connectivity index (χ4v) is 18.8. The number of esters is 1. The summed E-state index contributed by atoms with van der Waals surface area (Å²) in [5, 5.41) is 19.6. The molecule has 10 aliphatic rings. The number of hydrogen-bond donors (Lipinski definition) is 2. The van der Waals surface area contributed by atoms with Crippen LogP contribution in [0.25, 0.3) is 0 Å². The van der Waals surface area contributed by atoms with Crippen LogP contribution in [-0.4, -0.2) is 76.2 Å². The van der Waals surface area contributed by atoms with Crippen molar-refractivity contribution in [3.05, 3.63) is 0 Å². The predicted octanol–water partition coefficient (Wildman–Crippen LogP) is 16.4. The number of ether oxygens (including phenoxy) is 1. The third-order valence-corrected chi connectivity index (χ3v) is 23.1. The highest BCUT2D eigenvalue weighted by Crippen LogP contribution is 2.70. The largest absolute Gasteiger partial charge is 0.458 e. The van der Waals surface area contributed by atoms with Crippen molar-refractivity contribution >= 4 is 5.97 Å². The van der Waals surface area contributed by atoms with Crippen molar-refractivity contribution in [1.82, 2.24) is 0 Å². The SMILES string of the molecule is CC1C2CC(CC(O)(C(F)(F)F)C(F)(F)F)C(C2)C1CC(C)(C(=O)OC1(C)C2CC3CC(C2)CC1C3)C(F)(F)F.CC1C2CC(CC2CC(C)(C(F)(F)F)C(F)(F)F)C1C1C(C)C2CC(CC(O)(C(F)(F)F)C(F)(F)F)C1C2. The first-order valence-corrected chi connectivity index (χ1v) is 27.2. The molecule has 2 N–H and O–H groups in total. The van der Waals surface area contributed by atoms with Gasteiger partial charge in [-0.2, -0.15) is 92.2 Å². The number of alkyl halides is 21. The molecule has 10 fully saturated rings. The smallest absolute Gasteiger partial charge is 0.426 e. The average molecular weight is 1170 g/mol. The van der Waals surface area contributed by atoms with Gasteiger partial charge in [0, 0.05) is 0 Å². The third-order valence-electron chi connectivity index (χ3n) is 23.1. The second-order valence-corrected chi connectivity index (χ2v) is 26.9. The van der Waals surface area contributed by atoms with Crippen molar-refractivity contribution in [1.29, 1.82) is 0 Å². The van der Waals surface area contributed by atoms with E-state index in [4.69, 9.17) is 4.74 Å². The Morgan fingerprint density at radius 2 is 0.821 bits per heavy atom. The first-order chi connectivity index (χ1) is 35.0. The minimum absolute atomic E-state index is 0.0293. The molecule has 16 unspecified atom stereocenters. The van der Waals surface area contributed by atoms with Crippen LogP contribution in [0.15, 0.2) is 0 Å². The standard InChI is InChI=1S/C28H37F9O3.C25H32F12O/c1-13-16-9-17(11-25(39,27(32,33)34)28(35,36)37)20(10-16)21(13)12-23(2,26(29,30)31)22(38)40-24(3)18-5-14-4-15(7-18)8-19(24)6-14;1-10-12-4-15(9-21(38,24(32,33)34)25(35,36)37)17(6-12)19(10)18-11(2)16-7-13(18)5-14(16)8-20(3,22(26,27)28)23(29,30)31/h13-21,39H,4-12H2,1-3H3;10-19,38H,4-9H2,1-3H3. The lowest BCUT2D eigenvalue weighted by molar-refractivity contribution is -0.374. The quantitative estimate of drug-likeness (QED) is 0.160. The molecule has 0 heterocycles. The van der Waals surface area contributed by atoms with E-state index >= 15 is 0 Å². The van der Waals surface area contributed by atoms with Crippen LogP contribution < -0.4 is 0 Å². The summed E-state index contributed by atoms with van der Waals surface area (Å²) in [6, 6.07) is 0. The van der Waals surface area contributed by atoms with Crippen molar-refractivity contribution < 1.29 is 112 Å². The summed E-state index contributed by atoms with van der Waals surface area (Å²) in [6.07, 6.45) is -39.4. The molecule has 25 heteroatoms. The van der Waals surface area contributed by atoms with Gasteiger partial charge < -0.3 is 14.9 Å². The van der Waals surface area contributed by atoms with Gasteiger partial charge in [0.05, 0.1) is 0 Å². The predicted molar refractivity (Wildman–Crippen MR) is 236 cm³/mol. The first-order valence-electron chi connectivity index (χ1n) is 27.2. The number of rotatable bonds is 11. The van der Waals surface area contributed by atoms with Gasteiger partial charge in [-0.1, -0.05) is 20.8 Å². The van der Waals surface area contributed by atoms with E-state index in [0.717, 1.165) is 39.0 Å². The maximum atomic E-state index is 14.7. The van der Waals surface area contributed by atoms with Gasteiger partial charge in [-0.05, 0) is 230 Å². The molecular weight excluding hydrogens is 1100 g/mol. The molecule has 0 saturated heterocycles. The molecule has 0 aliphatic heterocycles. The number of aliphatic hydroxyl groups is 2. The maximum absolute atomic E-state index is 14.7. The van der Waals surface area contributed by atoms with Gasteiger partial charge in [-0.15, -0.1) is 0 Å². The van der Waals surface area contributed by atoms with Gasteiger partial charge in [0.15, 0.2) is 10.8 Å². The van der Waals surface area contributed by atoms with Gasteiger partial charge >= 0.3 is 49.2 Å². The maximum Gasteiger partial charge on any atom is 0.426 e. The summed E-state index contributed by atoms with van der Waals surface area (Å²) in [7, 11) is 0. The Balaban J connectivity index is 0.000000206. The summed E-state index contributed by atoms with van der Waals surface area (Å²) in [6.45, 7) is 7.92. The van der Waals surface area contributed by atoms with Crippen molar-refractivity contribution in [2.45, 2.75) is 198 Å².